The standard InChI is InChI=1S/C25H31N3O3/c29-24(28(18-23-12-7-17-31-23)22-10-5-2-6-11-22)19-27-15-13-21(14-16-27)26-25(30)20-8-3-1-4-9-20/h1,3-4,7-10,12,17,21H,2,5-6,11,13-16,18-19H2,(H,26,30). The number of piperidine rings is 1. The summed E-state index contributed by atoms with van der Waals surface area (Å²) >= 11 is 0. The number of carbonyl (C=O) groups excluding carboxylic acids is 2. The Kier molecular flexibility index (Phi) is 7.20. The van der Waals surface area contributed by atoms with Gasteiger partial charge in [-0.25, -0.2) is 0 Å². The lowest BCUT2D eigenvalue weighted by Crippen LogP contribution is -2.47. The molecular formula is C25H31N3O3. The fourth-order valence-corrected chi connectivity index (χ4v) is 4.34. The number of furan rings is 1. The molecule has 6 nitrogen and oxygen atoms in total. The molecule has 2 amide bonds. The number of nitrogens with zero attached hydrogens (tertiary/aromatic N) is 2. The van der Waals surface area contributed by atoms with Crippen molar-refractivity contribution >= 4 is 11.8 Å². The molecule has 2 aliphatic rings. The molecule has 1 aromatic carbocycles. The van der Waals surface area contributed by atoms with Gasteiger partial charge in [-0.2, -0.15) is 0 Å². The van der Waals surface area contributed by atoms with Crippen LogP contribution in [0.4, 0.5) is 0 Å². The largest absolute Gasteiger partial charge is 0.467 e. The topological polar surface area (TPSA) is 65.8 Å². The van der Waals surface area contributed by atoms with E-state index in [1.54, 1.807) is 6.26 Å². The second-order valence-electron chi connectivity index (χ2n) is 8.39. The molecule has 0 radical (unpaired) electrons. The van der Waals surface area contributed by atoms with E-state index in [9.17, 15) is 9.59 Å². The maximum Gasteiger partial charge on any atom is 0.251 e. The fourth-order valence-electron chi connectivity index (χ4n) is 4.34. The third kappa shape index (κ3) is 5.85. The summed E-state index contributed by atoms with van der Waals surface area (Å²) < 4.78 is 5.51. The monoisotopic (exact) mass is 421 g/mol. The molecule has 6 heteroatoms. The zero-order valence-corrected chi connectivity index (χ0v) is 18.0. The van der Waals surface area contributed by atoms with Crippen LogP contribution in [0.1, 0.15) is 54.6 Å². The number of carbonyl (C=O) groups is 2. The Morgan fingerprint density at radius 2 is 1.87 bits per heavy atom. The first-order valence-electron chi connectivity index (χ1n) is 11.3. The minimum Gasteiger partial charge on any atom is -0.467 e. The van der Waals surface area contributed by atoms with E-state index >= 15 is 0 Å². The van der Waals surface area contributed by atoms with Crippen LogP contribution in [0.2, 0.25) is 0 Å². The Morgan fingerprint density at radius 1 is 1.06 bits per heavy atom. The van der Waals surface area contributed by atoms with Gasteiger partial charge in [-0.15, -0.1) is 0 Å². The zero-order valence-electron chi connectivity index (χ0n) is 18.0. The van der Waals surface area contributed by atoms with Gasteiger partial charge in [0, 0.05) is 30.4 Å². The van der Waals surface area contributed by atoms with Crippen molar-refractivity contribution < 1.29 is 14.0 Å². The number of likely N-dealkylation sites (tertiary alicyclic amines) is 1. The van der Waals surface area contributed by atoms with Crippen molar-refractivity contribution in [3.8, 4) is 0 Å². The molecule has 1 saturated heterocycles. The lowest BCUT2D eigenvalue weighted by Gasteiger charge is -2.34. The van der Waals surface area contributed by atoms with E-state index in [0.717, 1.165) is 56.7 Å². The highest BCUT2D eigenvalue weighted by atomic mass is 16.3. The van der Waals surface area contributed by atoms with Gasteiger partial charge in [-0.05, 0) is 62.8 Å². The van der Waals surface area contributed by atoms with Crippen LogP contribution in [0, 0.1) is 0 Å². The molecule has 0 spiro atoms. The van der Waals surface area contributed by atoms with E-state index in [1.165, 1.54) is 6.42 Å². The van der Waals surface area contributed by atoms with Crippen LogP contribution in [0.3, 0.4) is 0 Å². The highest BCUT2D eigenvalue weighted by molar-refractivity contribution is 5.94. The Bertz CT molecular complexity index is 884. The molecule has 1 aromatic heterocycles. The molecule has 1 aliphatic heterocycles. The normalized spacial score (nSPS) is 17.7. The van der Waals surface area contributed by atoms with Crippen LogP contribution < -0.4 is 5.32 Å². The molecule has 2 aromatic rings. The highest BCUT2D eigenvalue weighted by Gasteiger charge is 2.26. The molecule has 1 aliphatic carbocycles. The predicted molar refractivity (Wildman–Crippen MR) is 119 cm³/mol. The third-order valence-corrected chi connectivity index (χ3v) is 6.13. The lowest BCUT2D eigenvalue weighted by molar-refractivity contribution is -0.131. The van der Waals surface area contributed by atoms with Crippen molar-refractivity contribution in [3.05, 3.63) is 71.8 Å². The first-order valence-corrected chi connectivity index (χ1v) is 11.3. The molecule has 0 bridgehead atoms. The van der Waals surface area contributed by atoms with Crippen LogP contribution in [-0.2, 0) is 11.3 Å². The first-order chi connectivity index (χ1) is 15.2. The number of benzene rings is 1. The third-order valence-electron chi connectivity index (χ3n) is 6.13. The summed E-state index contributed by atoms with van der Waals surface area (Å²) in [4.78, 5) is 29.7. The Labute approximate surface area is 183 Å². The van der Waals surface area contributed by atoms with E-state index < -0.39 is 0 Å². The summed E-state index contributed by atoms with van der Waals surface area (Å²) in [6.07, 6.45) is 9.86. The fraction of sp³-hybridized carbons (Fsp3) is 0.440. The van der Waals surface area contributed by atoms with Crippen LogP contribution in [-0.4, -0.2) is 47.3 Å². The average molecular weight is 422 g/mol. The van der Waals surface area contributed by atoms with E-state index in [4.69, 9.17) is 4.42 Å². The minimum atomic E-state index is -0.0241. The summed E-state index contributed by atoms with van der Waals surface area (Å²) in [7, 11) is 0. The molecule has 0 atom stereocenters. The van der Waals surface area contributed by atoms with Gasteiger partial charge in [0.2, 0.25) is 5.91 Å². The van der Waals surface area contributed by atoms with E-state index in [-0.39, 0.29) is 17.9 Å². The number of allylic oxidation sites excluding steroid dienone is 2. The summed E-state index contributed by atoms with van der Waals surface area (Å²) in [5.41, 5.74) is 1.81. The van der Waals surface area contributed by atoms with Gasteiger partial charge in [0.05, 0.1) is 19.4 Å². The van der Waals surface area contributed by atoms with Crippen molar-refractivity contribution in [2.24, 2.45) is 0 Å². The van der Waals surface area contributed by atoms with Crippen LogP contribution in [0.15, 0.2) is 64.9 Å². The molecule has 0 saturated carbocycles. The number of hydrogen-bond donors (Lipinski definition) is 1. The van der Waals surface area contributed by atoms with Crippen LogP contribution >= 0.6 is 0 Å². The summed E-state index contributed by atoms with van der Waals surface area (Å²) in [6, 6.07) is 13.3. The molecule has 0 unspecified atom stereocenters. The van der Waals surface area contributed by atoms with Crippen molar-refractivity contribution in [2.45, 2.75) is 51.1 Å². The Hall–Kier alpha value is -2.86. The summed E-state index contributed by atoms with van der Waals surface area (Å²) in [5, 5.41) is 3.13. The molecule has 2 heterocycles. The van der Waals surface area contributed by atoms with Crippen molar-refractivity contribution in [1.29, 1.82) is 0 Å². The van der Waals surface area contributed by atoms with E-state index in [1.807, 2.05) is 47.4 Å². The van der Waals surface area contributed by atoms with Gasteiger partial charge in [0.1, 0.15) is 5.76 Å². The first kappa shape index (κ1) is 21.4. The lowest BCUT2D eigenvalue weighted by atomic mass is 10.0. The zero-order chi connectivity index (χ0) is 21.5. The number of rotatable bonds is 7. The predicted octanol–water partition coefficient (Wildman–Crippen LogP) is 3.96. The van der Waals surface area contributed by atoms with Gasteiger partial charge in [0.25, 0.3) is 5.91 Å². The molecule has 1 N–H and O–H groups in total. The molecule has 164 valence electrons. The van der Waals surface area contributed by atoms with Crippen LogP contribution in [0.25, 0.3) is 0 Å². The van der Waals surface area contributed by atoms with Gasteiger partial charge >= 0.3 is 0 Å². The molecule has 31 heavy (non-hydrogen) atoms. The molecule has 1 fully saturated rings. The van der Waals surface area contributed by atoms with Gasteiger partial charge in [-0.1, -0.05) is 24.3 Å². The van der Waals surface area contributed by atoms with Crippen molar-refractivity contribution in [1.82, 2.24) is 15.1 Å². The maximum absolute atomic E-state index is 13.2. The summed E-state index contributed by atoms with van der Waals surface area (Å²) in [6.45, 7) is 2.50. The SMILES string of the molecule is O=C(NC1CCN(CC(=O)N(Cc2ccco2)C2=CCCCC2)CC1)c1ccccc1. The highest BCUT2D eigenvalue weighted by Crippen LogP contribution is 2.24. The van der Waals surface area contributed by atoms with Crippen molar-refractivity contribution in [2.75, 3.05) is 19.6 Å². The maximum atomic E-state index is 13.2. The average Bonchev–Trinajstić information content (AvgIpc) is 3.33. The van der Waals surface area contributed by atoms with Crippen molar-refractivity contribution in [3.63, 3.8) is 0 Å². The molecule has 4 rings (SSSR count). The van der Waals surface area contributed by atoms with Gasteiger partial charge < -0.3 is 14.6 Å². The Balaban J connectivity index is 1.30. The summed E-state index contributed by atoms with van der Waals surface area (Å²) in [5.74, 6) is 0.905. The number of nitrogens with one attached hydrogen (secondary N) is 1. The smallest absolute Gasteiger partial charge is 0.251 e. The quantitative estimate of drug-likeness (QED) is 0.735. The van der Waals surface area contributed by atoms with Gasteiger partial charge in [0.15, 0.2) is 0 Å². The van der Waals surface area contributed by atoms with E-state index in [0.29, 0.717) is 18.7 Å². The molecular weight excluding hydrogens is 390 g/mol. The number of amides is 2. The Morgan fingerprint density at radius 3 is 2.55 bits per heavy atom. The second-order valence-corrected chi connectivity index (χ2v) is 8.39. The number of hydrogen-bond acceptors (Lipinski definition) is 4. The van der Waals surface area contributed by atoms with E-state index in [2.05, 4.69) is 16.3 Å². The second kappa shape index (κ2) is 10.4. The van der Waals surface area contributed by atoms with Crippen LogP contribution in [0.5, 0.6) is 0 Å². The van der Waals surface area contributed by atoms with Gasteiger partial charge in [-0.3, -0.25) is 14.5 Å². The minimum absolute atomic E-state index is 0.0241.